The summed E-state index contributed by atoms with van der Waals surface area (Å²) in [5, 5.41) is 11.4. The van der Waals surface area contributed by atoms with Gasteiger partial charge in [-0.05, 0) is 25.2 Å². The molecule has 1 aliphatic carbocycles. The Kier molecular flexibility index (Phi) is 2.90. The molecule has 1 rings (SSSR count). The van der Waals surface area contributed by atoms with Gasteiger partial charge in [0.15, 0.2) is 0 Å². The van der Waals surface area contributed by atoms with Crippen molar-refractivity contribution in [2.75, 3.05) is 0 Å². The highest BCUT2D eigenvalue weighted by Crippen LogP contribution is 2.36. The molecule has 0 saturated heterocycles. The molecule has 13 heavy (non-hydrogen) atoms. The lowest BCUT2D eigenvalue weighted by Gasteiger charge is -2.26. The molecule has 0 aliphatic heterocycles. The molecule has 4 heteroatoms. The highest BCUT2D eigenvalue weighted by atomic mass is 16.4. The molecule has 2 unspecified atom stereocenters. The predicted molar refractivity (Wildman–Crippen MR) is 47.2 cm³/mol. The van der Waals surface area contributed by atoms with Crippen molar-refractivity contribution in [2.45, 2.75) is 38.1 Å². The Morgan fingerprint density at radius 2 is 2.46 bits per heavy atom. The summed E-state index contributed by atoms with van der Waals surface area (Å²) in [6, 6.07) is 0. The molecular formula is C9H15NO3. The maximum absolute atomic E-state index is 10.6. The van der Waals surface area contributed by atoms with Gasteiger partial charge in [0, 0.05) is 0 Å². The lowest BCUT2D eigenvalue weighted by molar-refractivity contribution is -0.138. The zero-order valence-corrected chi connectivity index (χ0v) is 7.75. The van der Waals surface area contributed by atoms with Crippen LogP contribution < -0.4 is 5.32 Å². The third kappa shape index (κ3) is 2.44. The van der Waals surface area contributed by atoms with Crippen LogP contribution in [-0.2, 0) is 9.59 Å². The molecule has 0 aromatic rings. The summed E-state index contributed by atoms with van der Waals surface area (Å²) >= 11 is 0. The maximum Gasteiger partial charge on any atom is 0.305 e. The summed E-state index contributed by atoms with van der Waals surface area (Å²) in [6.07, 6.45) is 3.20. The van der Waals surface area contributed by atoms with Crippen molar-refractivity contribution in [3.8, 4) is 0 Å². The first kappa shape index (κ1) is 10.0. The summed E-state index contributed by atoms with van der Waals surface area (Å²) in [5.41, 5.74) is -0.479. The molecule has 0 spiro atoms. The second-order valence-corrected chi connectivity index (χ2v) is 3.96. The minimum atomic E-state index is -0.844. The maximum atomic E-state index is 10.6. The Balaban J connectivity index is 2.64. The molecule has 0 aromatic carbocycles. The first-order valence-electron chi connectivity index (χ1n) is 4.51. The van der Waals surface area contributed by atoms with Crippen molar-refractivity contribution in [1.82, 2.24) is 5.32 Å². The van der Waals surface area contributed by atoms with Gasteiger partial charge in [0.2, 0.25) is 6.41 Å². The van der Waals surface area contributed by atoms with Crippen LogP contribution in [0.25, 0.3) is 0 Å². The van der Waals surface area contributed by atoms with Crippen molar-refractivity contribution < 1.29 is 14.7 Å². The average molecular weight is 185 g/mol. The molecule has 2 atom stereocenters. The van der Waals surface area contributed by atoms with Crippen molar-refractivity contribution in [1.29, 1.82) is 0 Å². The molecule has 2 N–H and O–H groups in total. The second-order valence-electron chi connectivity index (χ2n) is 3.96. The van der Waals surface area contributed by atoms with Crippen molar-refractivity contribution in [2.24, 2.45) is 5.92 Å². The zero-order valence-electron chi connectivity index (χ0n) is 7.75. The fraction of sp³-hybridized carbons (Fsp3) is 0.778. The van der Waals surface area contributed by atoms with E-state index in [1.54, 1.807) is 0 Å². The Morgan fingerprint density at radius 3 is 2.85 bits per heavy atom. The number of carboxylic acid groups (broad SMARTS) is 1. The van der Waals surface area contributed by atoms with E-state index in [4.69, 9.17) is 5.11 Å². The second kappa shape index (κ2) is 3.77. The van der Waals surface area contributed by atoms with Gasteiger partial charge >= 0.3 is 5.97 Å². The third-order valence-corrected chi connectivity index (χ3v) is 2.71. The average Bonchev–Trinajstić information content (AvgIpc) is 2.31. The van der Waals surface area contributed by atoms with Crippen LogP contribution in [0.4, 0.5) is 0 Å². The smallest absolute Gasteiger partial charge is 0.305 e. The highest BCUT2D eigenvalue weighted by molar-refractivity contribution is 5.69. The van der Waals surface area contributed by atoms with Gasteiger partial charge in [-0.1, -0.05) is 6.92 Å². The van der Waals surface area contributed by atoms with Crippen LogP contribution >= 0.6 is 0 Å². The molecule has 0 bridgehead atoms. The quantitative estimate of drug-likeness (QED) is 0.635. The Morgan fingerprint density at radius 1 is 1.77 bits per heavy atom. The van der Waals surface area contributed by atoms with Crippen LogP contribution in [0.1, 0.15) is 32.6 Å². The van der Waals surface area contributed by atoms with Crippen molar-refractivity contribution >= 4 is 12.4 Å². The molecular weight excluding hydrogens is 170 g/mol. The molecule has 0 radical (unpaired) electrons. The van der Waals surface area contributed by atoms with E-state index in [1.165, 1.54) is 0 Å². The number of rotatable bonds is 4. The fourth-order valence-corrected chi connectivity index (χ4v) is 2.15. The minimum absolute atomic E-state index is 0.0378. The number of hydrogen-bond acceptors (Lipinski definition) is 2. The standard InChI is InChI=1S/C9H15NO3/c1-7-2-3-9(4-7,10-6-11)5-8(12)13/h6-7H,2-5H2,1H3,(H,10,11)(H,12,13). The van der Waals surface area contributed by atoms with Gasteiger partial charge in [0.1, 0.15) is 0 Å². The van der Waals surface area contributed by atoms with Gasteiger partial charge in [-0.3, -0.25) is 9.59 Å². The Bertz CT molecular complexity index is 217. The SMILES string of the molecule is CC1CCC(CC(=O)O)(NC=O)C1. The van der Waals surface area contributed by atoms with Crippen LogP contribution in [0, 0.1) is 5.92 Å². The van der Waals surface area contributed by atoms with E-state index in [0.29, 0.717) is 12.3 Å². The molecule has 0 aromatic heterocycles. The fourth-order valence-electron chi connectivity index (χ4n) is 2.15. The van der Waals surface area contributed by atoms with Gasteiger partial charge in [0.25, 0.3) is 0 Å². The number of carbonyl (C=O) groups is 2. The normalized spacial score (nSPS) is 32.8. The van der Waals surface area contributed by atoms with Crippen molar-refractivity contribution in [3.05, 3.63) is 0 Å². The van der Waals surface area contributed by atoms with Crippen molar-refractivity contribution in [3.63, 3.8) is 0 Å². The summed E-state index contributed by atoms with van der Waals surface area (Å²) in [6.45, 7) is 2.08. The summed E-state index contributed by atoms with van der Waals surface area (Å²) in [4.78, 5) is 20.9. The van der Waals surface area contributed by atoms with E-state index in [1.807, 2.05) is 0 Å². The van der Waals surface area contributed by atoms with Crippen LogP contribution in [0.2, 0.25) is 0 Å². The largest absolute Gasteiger partial charge is 0.481 e. The number of nitrogens with one attached hydrogen (secondary N) is 1. The first-order chi connectivity index (χ1) is 6.08. The molecule has 1 aliphatic rings. The van der Waals surface area contributed by atoms with E-state index >= 15 is 0 Å². The van der Waals surface area contributed by atoms with Gasteiger partial charge in [-0.15, -0.1) is 0 Å². The number of amides is 1. The lowest BCUT2D eigenvalue weighted by Crippen LogP contribution is -2.44. The minimum Gasteiger partial charge on any atom is -0.481 e. The van der Waals surface area contributed by atoms with E-state index in [-0.39, 0.29) is 6.42 Å². The van der Waals surface area contributed by atoms with Gasteiger partial charge in [0.05, 0.1) is 12.0 Å². The summed E-state index contributed by atoms with van der Waals surface area (Å²) in [7, 11) is 0. The van der Waals surface area contributed by atoms with Gasteiger partial charge in [-0.25, -0.2) is 0 Å². The Hall–Kier alpha value is -1.06. The summed E-state index contributed by atoms with van der Waals surface area (Å²) in [5.74, 6) is -0.338. The molecule has 1 amide bonds. The van der Waals surface area contributed by atoms with Gasteiger partial charge in [-0.2, -0.15) is 0 Å². The first-order valence-corrected chi connectivity index (χ1v) is 4.51. The van der Waals surface area contributed by atoms with E-state index in [2.05, 4.69) is 12.2 Å². The van der Waals surface area contributed by atoms with Crippen LogP contribution in [0.15, 0.2) is 0 Å². The zero-order chi connectivity index (χ0) is 9.90. The molecule has 1 fully saturated rings. The number of hydrogen-bond donors (Lipinski definition) is 2. The number of carboxylic acids is 1. The van der Waals surface area contributed by atoms with E-state index < -0.39 is 11.5 Å². The topological polar surface area (TPSA) is 66.4 Å². The Labute approximate surface area is 77.3 Å². The van der Waals surface area contributed by atoms with E-state index in [0.717, 1.165) is 19.3 Å². The molecule has 1 saturated carbocycles. The van der Waals surface area contributed by atoms with E-state index in [9.17, 15) is 9.59 Å². The third-order valence-electron chi connectivity index (χ3n) is 2.71. The molecule has 74 valence electrons. The van der Waals surface area contributed by atoms with Gasteiger partial charge < -0.3 is 10.4 Å². The van der Waals surface area contributed by atoms with Crippen LogP contribution in [0.3, 0.4) is 0 Å². The van der Waals surface area contributed by atoms with Crippen LogP contribution in [-0.4, -0.2) is 23.0 Å². The lowest BCUT2D eigenvalue weighted by atomic mass is 9.92. The molecule has 0 heterocycles. The number of aliphatic carboxylic acids is 1. The monoisotopic (exact) mass is 185 g/mol. The predicted octanol–water partition coefficient (Wildman–Crippen LogP) is 0.766. The molecule has 4 nitrogen and oxygen atoms in total. The number of carbonyl (C=O) groups excluding carboxylic acids is 1. The van der Waals surface area contributed by atoms with Crippen LogP contribution in [0.5, 0.6) is 0 Å². The summed E-state index contributed by atoms with van der Waals surface area (Å²) < 4.78 is 0. The highest BCUT2D eigenvalue weighted by Gasteiger charge is 2.38.